The molecule has 1 amide bonds. The summed E-state index contributed by atoms with van der Waals surface area (Å²) in [5.41, 5.74) is 0.601. The van der Waals surface area contributed by atoms with Crippen LogP contribution in [0.2, 0.25) is 0 Å². The van der Waals surface area contributed by atoms with Gasteiger partial charge in [0.25, 0.3) is 10.0 Å². The highest BCUT2D eigenvalue weighted by Crippen LogP contribution is 2.41. The minimum Gasteiger partial charge on any atom is -0.341 e. The lowest BCUT2D eigenvalue weighted by atomic mass is 10.1. The van der Waals surface area contributed by atoms with E-state index in [9.17, 15) is 13.2 Å². The number of anilines is 1. The van der Waals surface area contributed by atoms with Crippen molar-refractivity contribution in [2.24, 2.45) is 0 Å². The van der Waals surface area contributed by atoms with Crippen LogP contribution in [0.1, 0.15) is 26.7 Å². The first-order valence-electron chi connectivity index (χ1n) is 8.33. The van der Waals surface area contributed by atoms with Crippen LogP contribution in [-0.4, -0.2) is 38.9 Å². The molecule has 6 heteroatoms. The summed E-state index contributed by atoms with van der Waals surface area (Å²) in [7, 11) is -3.67. The largest absolute Gasteiger partial charge is 0.341 e. The lowest BCUT2D eigenvalue weighted by Gasteiger charge is -2.25. The van der Waals surface area contributed by atoms with Crippen LogP contribution in [0.15, 0.2) is 41.3 Å². The topological polar surface area (TPSA) is 57.7 Å². The summed E-state index contributed by atoms with van der Waals surface area (Å²) >= 11 is 0. The predicted octanol–water partition coefficient (Wildman–Crippen LogP) is 3.00. The molecule has 1 aliphatic rings. The van der Waals surface area contributed by atoms with E-state index in [1.807, 2.05) is 32.0 Å². The van der Waals surface area contributed by atoms with E-state index in [0.29, 0.717) is 29.1 Å². The van der Waals surface area contributed by atoms with E-state index in [0.717, 1.165) is 18.2 Å². The number of amides is 1. The Labute approximate surface area is 142 Å². The van der Waals surface area contributed by atoms with Crippen LogP contribution in [0.4, 0.5) is 5.69 Å². The Morgan fingerprint density at radius 2 is 1.67 bits per heavy atom. The molecule has 0 radical (unpaired) electrons. The van der Waals surface area contributed by atoms with Gasteiger partial charge in [0.1, 0.15) is 6.54 Å². The van der Waals surface area contributed by atoms with Crippen LogP contribution < -0.4 is 4.31 Å². The lowest BCUT2D eigenvalue weighted by Crippen LogP contribution is -2.42. The molecule has 0 aliphatic carbocycles. The maximum atomic E-state index is 12.9. The van der Waals surface area contributed by atoms with Gasteiger partial charge >= 0.3 is 0 Å². The number of hydrogen-bond acceptors (Lipinski definition) is 3. The maximum absolute atomic E-state index is 12.9. The summed E-state index contributed by atoms with van der Waals surface area (Å²) in [6.07, 6.45) is 1.71. The van der Waals surface area contributed by atoms with E-state index in [1.165, 1.54) is 4.31 Å². The molecule has 3 rings (SSSR count). The summed E-state index contributed by atoms with van der Waals surface area (Å²) in [5, 5.41) is 1.59. The number of carbonyl (C=O) groups excluding carboxylic acids is 1. The van der Waals surface area contributed by atoms with E-state index in [-0.39, 0.29) is 12.5 Å². The van der Waals surface area contributed by atoms with Crippen molar-refractivity contribution in [3.05, 3.63) is 36.4 Å². The van der Waals surface area contributed by atoms with Gasteiger partial charge in [-0.2, -0.15) is 0 Å². The molecule has 128 valence electrons. The van der Waals surface area contributed by atoms with E-state index in [2.05, 4.69) is 0 Å². The highest BCUT2D eigenvalue weighted by Gasteiger charge is 2.37. The molecule has 0 spiro atoms. The summed E-state index contributed by atoms with van der Waals surface area (Å²) in [4.78, 5) is 14.7. The first-order chi connectivity index (χ1) is 11.5. The third-order valence-electron chi connectivity index (χ3n) is 4.30. The van der Waals surface area contributed by atoms with Crippen LogP contribution in [0.25, 0.3) is 10.8 Å². The highest BCUT2D eigenvalue weighted by molar-refractivity contribution is 7.93. The zero-order valence-electron chi connectivity index (χ0n) is 14.0. The second-order valence-corrected chi connectivity index (χ2v) is 7.85. The van der Waals surface area contributed by atoms with Crippen LogP contribution >= 0.6 is 0 Å². The average Bonchev–Trinajstić information content (AvgIpc) is 2.78. The monoisotopic (exact) mass is 346 g/mol. The molecular weight excluding hydrogens is 324 g/mol. The quantitative estimate of drug-likeness (QED) is 0.808. The molecule has 0 saturated heterocycles. The minimum absolute atomic E-state index is 0.143. The standard InChI is InChI=1S/C18H22N2O3S/c1-3-11-19(12-4-2)17(21)13-20-15-9-5-7-14-8-6-10-16(18(14)15)24(20,22)23/h5-10H,3-4,11-13H2,1-2H3. The van der Waals surface area contributed by atoms with Crippen LogP contribution in [0.3, 0.4) is 0 Å². The van der Waals surface area contributed by atoms with Crippen molar-refractivity contribution in [3.8, 4) is 0 Å². The van der Waals surface area contributed by atoms with E-state index < -0.39 is 10.0 Å². The average molecular weight is 346 g/mol. The molecule has 0 atom stereocenters. The fraction of sp³-hybridized carbons (Fsp3) is 0.389. The van der Waals surface area contributed by atoms with Crippen molar-refractivity contribution in [1.29, 1.82) is 0 Å². The van der Waals surface area contributed by atoms with Gasteiger partial charge in [-0.1, -0.05) is 38.1 Å². The van der Waals surface area contributed by atoms with Crippen molar-refractivity contribution in [3.63, 3.8) is 0 Å². The van der Waals surface area contributed by atoms with Gasteiger partial charge in [-0.3, -0.25) is 9.10 Å². The van der Waals surface area contributed by atoms with Crippen LogP contribution in [0.5, 0.6) is 0 Å². The highest BCUT2D eigenvalue weighted by atomic mass is 32.2. The third kappa shape index (κ3) is 2.65. The van der Waals surface area contributed by atoms with Gasteiger partial charge in [0.05, 0.1) is 10.6 Å². The van der Waals surface area contributed by atoms with Gasteiger partial charge in [-0.25, -0.2) is 8.42 Å². The molecule has 2 aromatic rings. The summed E-state index contributed by atoms with van der Waals surface area (Å²) in [5.74, 6) is -0.146. The van der Waals surface area contributed by atoms with Crippen LogP contribution in [0, 0.1) is 0 Å². The van der Waals surface area contributed by atoms with Gasteiger partial charge in [0, 0.05) is 18.5 Å². The number of rotatable bonds is 6. The summed E-state index contributed by atoms with van der Waals surface area (Å²) in [6.45, 7) is 5.18. The minimum atomic E-state index is -3.67. The molecular formula is C18H22N2O3S. The van der Waals surface area contributed by atoms with E-state index in [1.54, 1.807) is 23.1 Å². The Hall–Kier alpha value is -2.08. The fourth-order valence-corrected chi connectivity index (χ4v) is 4.91. The van der Waals surface area contributed by atoms with E-state index in [4.69, 9.17) is 0 Å². The Kier molecular flexibility index (Phi) is 4.49. The second kappa shape index (κ2) is 6.43. The number of nitrogens with zero attached hydrogens (tertiary/aromatic N) is 2. The predicted molar refractivity (Wildman–Crippen MR) is 95.6 cm³/mol. The van der Waals surface area contributed by atoms with Crippen LogP contribution in [-0.2, 0) is 14.8 Å². The smallest absolute Gasteiger partial charge is 0.265 e. The van der Waals surface area contributed by atoms with Gasteiger partial charge in [0.15, 0.2) is 0 Å². The van der Waals surface area contributed by atoms with E-state index >= 15 is 0 Å². The maximum Gasteiger partial charge on any atom is 0.265 e. The number of benzene rings is 2. The molecule has 0 bridgehead atoms. The van der Waals surface area contributed by atoms with Crippen molar-refractivity contribution in [2.45, 2.75) is 31.6 Å². The summed E-state index contributed by atoms with van der Waals surface area (Å²) < 4.78 is 27.0. The van der Waals surface area contributed by atoms with Crippen molar-refractivity contribution >= 4 is 32.4 Å². The zero-order chi connectivity index (χ0) is 17.3. The zero-order valence-corrected chi connectivity index (χ0v) is 14.8. The molecule has 0 N–H and O–H groups in total. The summed E-state index contributed by atoms with van der Waals surface area (Å²) in [6, 6.07) is 10.7. The van der Waals surface area contributed by atoms with Crippen molar-refractivity contribution < 1.29 is 13.2 Å². The Bertz CT molecular complexity index is 866. The fourth-order valence-electron chi connectivity index (χ4n) is 3.25. The molecule has 24 heavy (non-hydrogen) atoms. The molecule has 5 nitrogen and oxygen atoms in total. The number of sulfonamides is 1. The Morgan fingerprint density at radius 1 is 1.04 bits per heavy atom. The van der Waals surface area contributed by atoms with Crippen molar-refractivity contribution in [1.82, 2.24) is 4.90 Å². The first-order valence-corrected chi connectivity index (χ1v) is 9.77. The molecule has 0 aromatic heterocycles. The second-order valence-electron chi connectivity index (χ2n) is 6.02. The SMILES string of the molecule is CCCN(CCC)C(=O)CN1c2cccc3cccc(c23)S1(=O)=O. The molecule has 1 heterocycles. The Morgan fingerprint density at radius 3 is 2.29 bits per heavy atom. The van der Waals surface area contributed by atoms with Gasteiger partial charge in [0.2, 0.25) is 5.91 Å². The number of hydrogen-bond donors (Lipinski definition) is 0. The number of carbonyl (C=O) groups is 1. The normalized spacial score (nSPS) is 15.0. The molecule has 1 aliphatic heterocycles. The molecule has 2 aromatic carbocycles. The molecule has 0 unspecified atom stereocenters. The van der Waals surface area contributed by atoms with Gasteiger partial charge < -0.3 is 4.90 Å². The molecule has 0 fully saturated rings. The first kappa shape index (κ1) is 16.8. The third-order valence-corrected chi connectivity index (χ3v) is 6.10. The Balaban J connectivity index is 1.98. The molecule has 0 saturated carbocycles. The van der Waals surface area contributed by atoms with Gasteiger partial charge in [-0.05, 0) is 30.4 Å². The van der Waals surface area contributed by atoms with Gasteiger partial charge in [-0.15, -0.1) is 0 Å². The lowest BCUT2D eigenvalue weighted by molar-refractivity contribution is -0.129. The van der Waals surface area contributed by atoms with Crippen molar-refractivity contribution in [2.75, 3.05) is 23.9 Å².